The first kappa shape index (κ1) is 20.8. The third-order valence-electron chi connectivity index (χ3n) is 3.96. The molecule has 158 valence electrons. The average Bonchev–Trinajstić information content (AvgIpc) is 3.03. The van der Waals surface area contributed by atoms with Gasteiger partial charge in [0.1, 0.15) is 17.3 Å². The Balaban J connectivity index is 2.17. The molecule has 0 atom stereocenters. The van der Waals surface area contributed by atoms with E-state index in [2.05, 4.69) is 5.10 Å². The molecule has 1 N–H and O–H groups in total. The van der Waals surface area contributed by atoms with E-state index in [0.29, 0.717) is 4.68 Å². The zero-order valence-electron chi connectivity index (χ0n) is 14.8. The van der Waals surface area contributed by atoms with Crippen LogP contribution in [0, 0.1) is 0 Å². The smallest absolute Gasteiger partial charge is 0.435 e. The fraction of sp³-hybridized carbons (Fsp3) is 0.643. The van der Waals surface area contributed by atoms with Gasteiger partial charge >= 0.3 is 11.4 Å². The number of aryl methyl sites for hydroxylation is 1. The van der Waals surface area contributed by atoms with Crippen LogP contribution in [0.4, 0.5) is 22.0 Å². The summed E-state index contributed by atoms with van der Waals surface area (Å²) < 4.78 is 106. The molecule has 1 aromatic rings. The molecule has 0 radical (unpaired) electrons. The Morgan fingerprint density at radius 3 is 2.32 bits per heavy atom. The standard InChI is InChI=1S/C14H16F5N3O5S/c1-12(2)4-8(21-27-12)28(23,24)14(18,19)9-10(13(15,16)17)20-22(3)11(9)26-7-5-25-6-7/h4,7,21H,5-6H2,1-3H3. The topological polar surface area (TPSA) is 91.7 Å². The fourth-order valence-electron chi connectivity index (χ4n) is 2.51. The molecular formula is C14H16F5N3O5S. The van der Waals surface area contributed by atoms with Crippen LogP contribution in [0.5, 0.6) is 5.88 Å². The summed E-state index contributed by atoms with van der Waals surface area (Å²) >= 11 is 0. The number of rotatable bonds is 5. The molecule has 0 saturated carbocycles. The number of hydrogen-bond acceptors (Lipinski definition) is 7. The lowest BCUT2D eigenvalue weighted by Gasteiger charge is -2.28. The first-order chi connectivity index (χ1) is 12.7. The first-order valence-corrected chi connectivity index (χ1v) is 9.33. The van der Waals surface area contributed by atoms with Gasteiger partial charge in [0, 0.05) is 7.05 Å². The summed E-state index contributed by atoms with van der Waals surface area (Å²) in [6.07, 6.45) is -5.32. The molecule has 0 aromatic carbocycles. The van der Waals surface area contributed by atoms with E-state index in [-0.39, 0.29) is 13.2 Å². The highest BCUT2D eigenvalue weighted by Gasteiger charge is 2.59. The van der Waals surface area contributed by atoms with Crippen LogP contribution in [0.1, 0.15) is 25.1 Å². The van der Waals surface area contributed by atoms with Crippen LogP contribution in [0.25, 0.3) is 0 Å². The molecule has 0 spiro atoms. The monoisotopic (exact) mass is 433 g/mol. The second-order valence-electron chi connectivity index (χ2n) is 6.76. The zero-order valence-corrected chi connectivity index (χ0v) is 15.6. The molecule has 1 fully saturated rings. The molecule has 0 bridgehead atoms. The van der Waals surface area contributed by atoms with Gasteiger partial charge in [-0.05, 0) is 19.9 Å². The summed E-state index contributed by atoms with van der Waals surface area (Å²) in [5, 5.41) is -3.04. The Morgan fingerprint density at radius 2 is 1.89 bits per heavy atom. The van der Waals surface area contributed by atoms with Gasteiger partial charge in [-0.3, -0.25) is 10.3 Å². The van der Waals surface area contributed by atoms with Crippen LogP contribution in [-0.4, -0.2) is 43.1 Å². The molecule has 0 unspecified atom stereocenters. The zero-order chi connectivity index (χ0) is 21.1. The van der Waals surface area contributed by atoms with Crippen molar-refractivity contribution in [3.05, 3.63) is 22.4 Å². The highest BCUT2D eigenvalue weighted by molar-refractivity contribution is 7.95. The third kappa shape index (κ3) is 3.33. The van der Waals surface area contributed by atoms with Crippen molar-refractivity contribution in [3.63, 3.8) is 0 Å². The number of halogens is 5. The quantitative estimate of drug-likeness (QED) is 0.709. The van der Waals surface area contributed by atoms with E-state index in [1.807, 2.05) is 5.48 Å². The number of hydrogen-bond donors (Lipinski definition) is 1. The van der Waals surface area contributed by atoms with Gasteiger partial charge in [-0.1, -0.05) is 0 Å². The van der Waals surface area contributed by atoms with Crippen molar-refractivity contribution in [2.24, 2.45) is 7.05 Å². The first-order valence-electron chi connectivity index (χ1n) is 7.85. The predicted molar refractivity (Wildman–Crippen MR) is 82.6 cm³/mol. The molecule has 2 aliphatic rings. The lowest BCUT2D eigenvalue weighted by molar-refractivity contribution is -0.144. The number of ether oxygens (including phenoxy) is 2. The van der Waals surface area contributed by atoms with Crippen LogP contribution >= 0.6 is 0 Å². The van der Waals surface area contributed by atoms with Crippen molar-refractivity contribution in [3.8, 4) is 5.88 Å². The van der Waals surface area contributed by atoms with E-state index >= 15 is 8.78 Å². The van der Waals surface area contributed by atoms with Crippen LogP contribution in [-0.2, 0) is 37.9 Å². The SMILES string of the molecule is Cn1nc(C(F)(F)F)c(C(F)(F)S(=O)(=O)C2=CC(C)(C)ON2)c1OC1COC1. The van der Waals surface area contributed by atoms with Crippen molar-refractivity contribution in [1.82, 2.24) is 15.3 Å². The summed E-state index contributed by atoms with van der Waals surface area (Å²) in [6, 6.07) is 0. The molecule has 2 aliphatic heterocycles. The Kier molecular flexibility index (Phi) is 4.67. The Morgan fingerprint density at radius 1 is 1.29 bits per heavy atom. The summed E-state index contributed by atoms with van der Waals surface area (Å²) in [5.41, 5.74) is -3.37. The van der Waals surface area contributed by atoms with Gasteiger partial charge < -0.3 is 9.47 Å². The van der Waals surface area contributed by atoms with Crippen molar-refractivity contribution in [2.45, 2.75) is 37.0 Å². The molecule has 3 rings (SSSR count). The highest BCUT2D eigenvalue weighted by atomic mass is 32.2. The Hall–Kier alpha value is -1.93. The van der Waals surface area contributed by atoms with E-state index in [9.17, 15) is 21.6 Å². The molecular weight excluding hydrogens is 417 g/mol. The maximum atomic E-state index is 15.1. The molecule has 0 amide bonds. The van der Waals surface area contributed by atoms with E-state index in [0.717, 1.165) is 13.1 Å². The van der Waals surface area contributed by atoms with Crippen molar-refractivity contribution < 1.29 is 44.7 Å². The molecule has 3 heterocycles. The van der Waals surface area contributed by atoms with Gasteiger partial charge in [0.2, 0.25) is 5.88 Å². The predicted octanol–water partition coefficient (Wildman–Crippen LogP) is 1.84. The number of aromatic nitrogens is 2. The van der Waals surface area contributed by atoms with E-state index in [1.54, 1.807) is 0 Å². The van der Waals surface area contributed by atoms with Gasteiger partial charge in [-0.25, -0.2) is 13.1 Å². The molecule has 28 heavy (non-hydrogen) atoms. The number of nitrogens with zero attached hydrogens (tertiary/aromatic N) is 2. The second-order valence-corrected chi connectivity index (χ2v) is 8.72. The van der Waals surface area contributed by atoms with Gasteiger partial charge in [0.15, 0.2) is 10.7 Å². The fourth-order valence-corrected chi connectivity index (χ4v) is 3.83. The second kappa shape index (κ2) is 6.29. The number of hydroxylamine groups is 1. The van der Waals surface area contributed by atoms with Crippen LogP contribution in [0.2, 0.25) is 0 Å². The third-order valence-corrected chi connectivity index (χ3v) is 5.62. The van der Waals surface area contributed by atoms with Gasteiger partial charge in [-0.15, -0.1) is 0 Å². The summed E-state index contributed by atoms with van der Waals surface area (Å²) in [6.45, 7) is 2.66. The molecule has 1 aromatic heterocycles. The lowest BCUT2D eigenvalue weighted by Crippen LogP contribution is -2.40. The van der Waals surface area contributed by atoms with Crippen molar-refractivity contribution in [2.75, 3.05) is 13.2 Å². The average molecular weight is 433 g/mol. The molecule has 0 aliphatic carbocycles. The maximum absolute atomic E-state index is 15.1. The normalized spacial score (nSPS) is 20.5. The lowest BCUT2D eigenvalue weighted by atomic mass is 10.1. The van der Waals surface area contributed by atoms with Gasteiger partial charge in [0.25, 0.3) is 9.84 Å². The largest absolute Gasteiger partial charge is 0.469 e. The maximum Gasteiger partial charge on any atom is 0.435 e. The van der Waals surface area contributed by atoms with E-state index < -0.39 is 55.1 Å². The molecule has 8 nitrogen and oxygen atoms in total. The number of sulfone groups is 1. The Bertz CT molecular complexity index is 919. The minimum atomic E-state index is -5.65. The van der Waals surface area contributed by atoms with Crippen LogP contribution < -0.4 is 10.2 Å². The molecule has 14 heteroatoms. The van der Waals surface area contributed by atoms with Crippen molar-refractivity contribution >= 4 is 9.84 Å². The minimum Gasteiger partial charge on any atom is -0.469 e. The number of alkyl halides is 5. The van der Waals surface area contributed by atoms with Crippen LogP contribution in [0.15, 0.2) is 11.1 Å². The summed E-state index contributed by atoms with van der Waals surface area (Å²) in [7, 11) is -4.71. The minimum absolute atomic E-state index is 0.0426. The summed E-state index contributed by atoms with van der Waals surface area (Å²) in [4.78, 5) is 4.85. The van der Waals surface area contributed by atoms with E-state index in [4.69, 9.17) is 14.3 Å². The molecule has 1 saturated heterocycles. The van der Waals surface area contributed by atoms with Gasteiger partial charge in [0.05, 0.1) is 13.2 Å². The van der Waals surface area contributed by atoms with E-state index in [1.165, 1.54) is 13.8 Å². The van der Waals surface area contributed by atoms with Crippen LogP contribution in [0.3, 0.4) is 0 Å². The summed E-state index contributed by atoms with van der Waals surface area (Å²) in [5.74, 6) is -1.01. The van der Waals surface area contributed by atoms with Gasteiger partial charge in [-0.2, -0.15) is 27.1 Å². The number of nitrogens with one attached hydrogen (secondary N) is 1. The highest BCUT2D eigenvalue weighted by Crippen LogP contribution is 2.49. The van der Waals surface area contributed by atoms with Crippen molar-refractivity contribution in [1.29, 1.82) is 0 Å². The Labute approximate surface area is 156 Å².